The van der Waals surface area contributed by atoms with Gasteiger partial charge in [-0.05, 0) is 38.1 Å². The van der Waals surface area contributed by atoms with Crippen LogP contribution < -0.4 is 0 Å². The third-order valence-corrected chi connectivity index (χ3v) is 4.47. The summed E-state index contributed by atoms with van der Waals surface area (Å²) < 4.78 is 0. The highest BCUT2D eigenvalue weighted by molar-refractivity contribution is 6.76. The molecule has 0 fully saturated rings. The average molecular weight is 208 g/mol. The van der Waals surface area contributed by atoms with E-state index in [9.17, 15) is 0 Å². The number of allylic oxidation sites excluding steroid dienone is 3. The molecule has 0 aromatic heterocycles. The molecule has 1 atom stereocenters. The fourth-order valence-corrected chi connectivity index (χ4v) is 3.86. The van der Waals surface area contributed by atoms with E-state index in [0.29, 0.717) is 0 Å². The Balaban J connectivity index is 2.49. The first-order valence-electron chi connectivity index (χ1n) is 5.72. The second-order valence-corrected chi connectivity index (χ2v) is 11.4. The lowest BCUT2D eigenvalue weighted by atomic mass is 9.86. The highest BCUT2D eigenvalue weighted by Gasteiger charge is 2.20. The first-order valence-corrected chi connectivity index (χ1v) is 9.42. The van der Waals surface area contributed by atoms with Crippen molar-refractivity contribution in [2.24, 2.45) is 5.92 Å². The van der Waals surface area contributed by atoms with Gasteiger partial charge in [0.25, 0.3) is 0 Å². The molecule has 0 saturated carbocycles. The summed E-state index contributed by atoms with van der Waals surface area (Å²) >= 11 is 0. The van der Waals surface area contributed by atoms with Gasteiger partial charge in [0.15, 0.2) is 0 Å². The zero-order valence-corrected chi connectivity index (χ0v) is 11.2. The molecule has 0 amide bonds. The van der Waals surface area contributed by atoms with Gasteiger partial charge in [-0.25, -0.2) is 0 Å². The van der Waals surface area contributed by atoms with Crippen molar-refractivity contribution in [3.63, 3.8) is 0 Å². The van der Waals surface area contributed by atoms with E-state index >= 15 is 0 Å². The van der Waals surface area contributed by atoms with Crippen molar-refractivity contribution >= 4 is 8.07 Å². The Morgan fingerprint density at radius 3 is 2.50 bits per heavy atom. The summed E-state index contributed by atoms with van der Waals surface area (Å²) in [6.45, 7) is 13.6. The molecule has 1 aliphatic rings. The third-order valence-electron chi connectivity index (χ3n) is 2.96. The molecule has 0 radical (unpaired) electrons. The molecule has 1 rings (SSSR count). The van der Waals surface area contributed by atoms with Gasteiger partial charge in [-0.1, -0.05) is 43.4 Å². The Morgan fingerprint density at radius 2 is 2.14 bits per heavy atom. The smallest absolute Gasteiger partial charge is 0.0483 e. The Kier molecular flexibility index (Phi) is 3.76. The summed E-state index contributed by atoms with van der Waals surface area (Å²) in [6, 6.07) is 1.40. The van der Waals surface area contributed by atoms with E-state index in [4.69, 9.17) is 0 Å². The average Bonchev–Trinajstić information content (AvgIpc) is 2.02. The predicted molar refractivity (Wildman–Crippen MR) is 68.4 cm³/mol. The van der Waals surface area contributed by atoms with Gasteiger partial charge in [0.05, 0.1) is 0 Å². The topological polar surface area (TPSA) is 0 Å². The fraction of sp³-hybridized carbons (Fsp3) is 0.692. The first kappa shape index (κ1) is 11.8. The molecule has 0 N–H and O–H groups in total. The van der Waals surface area contributed by atoms with E-state index in [1.807, 2.05) is 0 Å². The van der Waals surface area contributed by atoms with Crippen molar-refractivity contribution in [3.8, 4) is 0 Å². The lowest BCUT2D eigenvalue weighted by Gasteiger charge is -2.25. The molecule has 80 valence electrons. The van der Waals surface area contributed by atoms with Gasteiger partial charge in [-0.2, -0.15) is 0 Å². The van der Waals surface area contributed by atoms with Crippen LogP contribution in [0.4, 0.5) is 0 Å². The molecule has 0 aromatic carbocycles. The van der Waals surface area contributed by atoms with E-state index in [2.05, 4.69) is 39.2 Å². The van der Waals surface area contributed by atoms with Gasteiger partial charge < -0.3 is 0 Å². The Labute approximate surface area is 90.1 Å². The van der Waals surface area contributed by atoms with Crippen molar-refractivity contribution in [1.82, 2.24) is 0 Å². The Bertz CT molecular complexity index is 242. The molecular weight excluding hydrogens is 184 g/mol. The fourth-order valence-electron chi connectivity index (χ4n) is 2.18. The van der Waals surface area contributed by atoms with Crippen LogP contribution in [0.5, 0.6) is 0 Å². The minimum absolute atomic E-state index is 0.764. The Morgan fingerprint density at radius 1 is 1.50 bits per heavy atom. The van der Waals surface area contributed by atoms with Crippen LogP contribution in [0.15, 0.2) is 23.8 Å². The van der Waals surface area contributed by atoms with E-state index in [1.165, 1.54) is 30.9 Å². The van der Waals surface area contributed by atoms with E-state index < -0.39 is 8.07 Å². The summed E-state index contributed by atoms with van der Waals surface area (Å²) in [5.41, 5.74) is 3.09. The maximum absolute atomic E-state index is 4.06. The van der Waals surface area contributed by atoms with Crippen molar-refractivity contribution in [1.29, 1.82) is 0 Å². The standard InChI is InChI=1S/C13H24Si/c1-11(2)13-8-6-12(7-9-13)10-14(3,4)5/h6,13H,1,7-10H2,2-5H3. The summed E-state index contributed by atoms with van der Waals surface area (Å²) in [7, 11) is -0.885. The summed E-state index contributed by atoms with van der Waals surface area (Å²) in [5, 5.41) is 0. The number of hydrogen-bond donors (Lipinski definition) is 0. The van der Waals surface area contributed by atoms with Gasteiger partial charge in [-0.15, -0.1) is 0 Å². The molecule has 1 aliphatic carbocycles. The largest absolute Gasteiger partial charge is 0.0998 e. The SMILES string of the molecule is C=C(C)C1CC=C(C[Si](C)(C)C)CC1. The predicted octanol–water partition coefficient (Wildman–Crippen LogP) is 4.63. The van der Waals surface area contributed by atoms with Crippen molar-refractivity contribution < 1.29 is 0 Å². The van der Waals surface area contributed by atoms with E-state index in [-0.39, 0.29) is 0 Å². The summed E-state index contributed by atoms with van der Waals surface area (Å²) in [6.07, 6.45) is 6.39. The maximum atomic E-state index is 4.06. The van der Waals surface area contributed by atoms with Gasteiger partial charge in [0.2, 0.25) is 0 Å². The van der Waals surface area contributed by atoms with E-state index in [1.54, 1.807) is 5.57 Å². The van der Waals surface area contributed by atoms with Crippen LogP contribution in [-0.4, -0.2) is 8.07 Å². The van der Waals surface area contributed by atoms with Gasteiger partial charge in [-0.3, -0.25) is 0 Å². The van der Waals surface area contributed by atoms with Crippen molar-refractivity contribution in [3.05, 3.63) is 23.8 Å². The van der Waals surface area contributed by atoms with Crippen LogP contribution in [0, 0.1) is 5.92 Å². The zero-order valence-electron chi connectivity index (χ0n) is 10.2. The number of hydrogen-bond acceptors (Lipinski definition) is 0. The molecule has 0 aliphatic heterocycles. The normalized spacial score (nSPS) is 23.1. The molecule has 0 saturated heterocycles. The van der Waals surface area contributed by atoms with Gasteiger partial charge >= 0.3 is 0 Å². The molecule has 0 aromatic rings. The first-order chi connectivity index (χ1) is 6.38. The molecule has 0 heterocycles. The molecule has 0 spiro atoms. The van der Waals surface area contributed by atoms with Crippen LogP contribution in [0.1, 0.15) is 26.2 Å². The van der Waals surface area contributed by atoms with Crippen molar-refractivity contribution in [2.75, 3.05) is 0 Å². The molecule has 0 nitrogen and oxygen atoms in total. The van der Waals surface area contributed by atoms with E-state index in [0.717, 1.165) is 5.92 Å². The highest BCUT2D eigenvalue weighted by Crippen LogP contribution is 2.31. The van der Waals surface area contributed by atoms with Crippen LogP contribution in [0.25, 0.3) is 0 Å². The van der Waals surface area contributed by atoms with Crippen LogP contribution in [0.2, 0.25) is 25.7 Å². The van der Waals surface area contributed by atoms with Crippen LogP contribution in [0.3, 0.4) is 0 Å². The Hall–Kier alpha value is -0.303. The molecular formula is C13H24Si. The quantitative estimate of drug-likeness (QED) is 0.469. The maximum Gasteiger partial charge on any atom is 0.0483 e. The summed E-state index contributed by atoms with van der Waals surface area (Å²) in [5.74, 6) is 0.764. The minimum atomic E-state index is -0.885. The number of rotatable bonds is 3. The second kappa shape index (κ2) is 4.48. The summed E-state index contributed by atoms with van der Waals surface area (Å²) in [4.78, 5) is 0. The third kappa shape index (κ3) is 3.83. The van der Waals surface area contributed by atoms with Crippen LogP contribution >= 0.6 is 0 Å². The van der Waals surface area contributed by atoms with Gasteiger partial charge in [0.1, 0.15) is 0 Å². The highest BCUT2D eigenvalue weighted by atomic mass is 28.3. The minimum Gasteiger partial charge on any atom is -0.0998 e. The zero-order chi connectivity index (χ0) is 10.8. The molecule has 1 unspecified atom stereocenters. The molecule has 1 heteroatoms. The second-order valence-electron chi connectivity index (χ2n) is 5.92. The molecule has 0 bridgehead atoms. The monoisotopic (exact) mass is 208 g/mol. The molecule has 14 heavy (non-hydrogen) atoms. The lowest BCUT2D eigenvalue weighted by Crippen LogP contribution is -2.21. The lowest BCUT2D eigenvalue weighted by molar-refractivity contribution is 0.540. The van der Waals surface area contributed by atoms with Crippen LogP contribution in [-0.2, 0) is 0 Å². The van der Waals surface area contributed by atoms with Crippen molar-refractivity contribution in [2.45, 2.75) is 51.9 Å². The van der Waals surface area contributed by atoms with Gasteiger partial charge in [0, 0.05) is 8.07 Å².